The molecule has 0 aromatic heterocycles. The third-order valence-corrected chi connectivity index (χ3v) is 2.83. The Bertz CT molecular complexity index is 289. The van der Waals surface area contributed by atoms with Crippen LogP contribution in [0.15, 0.2) is 12.2 Å². The van der Waals surface area contributed by atoms with E-state index in [1.807, 2.05) is 25.1 Å². The first kappa shape index (κ1) is 15.1. The van der Waals surface area contributed by atoms with Gasteiger partial charge in [-0.3, -0.25) is 4.79 Å². The molecular formula is C13H26N4O. The van der Waals surface area contributed by atoms with Gasteiger partial charge in [0.2, 0.25) is 5.91 Å². The topological polar surface area (TPSA) is 56.4 Å². The van der Waals surface area contributed by atoms with Gasteiger partial charge in [0.05, 0.1) is 6.04 Å². The van der Waals surface area contributed by atoms with Crippen LogP contribution in [0.25, 0.3) is 0 Å². The summed E-state index contributed by atoms with van der Waals surface area (Å²) in [6.45, 7) is 6.76. The lowest BCUT2D eigenvalue weighted by Gasteiger charge is -2.22. The van der Waals surface area contributed by atoms with Gasteiger partial charge in [0.25, 0.3) is 0 Å². The van der Waals surface area contributed by atoms with Crippen LogP contribution >= 0.6 is 0 Å². The number of carbonyl (C=O) groups excluding carboxylic acids is 1. The molecule has 0 unspecified atom stereocenters. The minimum atomic E-state index is -0.0129. The van der Waals surface area contributed by atoms with Crippen molar-refractivity contribution in [2.75, 3.05) is 33.7 Å². The van der Waals surface area contributed by atoms with Gasteiger partial charge in [-0.2, -0.15) is 0 Å². The average Bonchev–Trinajstić information content (AvgIpc) is 2.64. The molecule has 1 rings (SSSR count). The van der Waals surface area contributed by atoms with E-state index in [0.717, 1.165) is 19.6 Å². The van der Waals surface area contributed by atoms with Crippen molar-refractivity contribution in [3.63, 3.8) is 0 Å². The highest BCUT2D eigenvalue weighted by Crippen LogP contribution is 2.01. The molecule has 0 aromatic carbocycles. The lowest BCUT2D eigenvalue weighted by atomic mass is 10.1. The van der Waals surface area contributed by atoms with Gasteiger partial charge in [-0.15, -0.1) is 0 Å². The number of amides is 1. The number of rotatable bonds is 6. The second-order valence-electron chi connectivity index (χ2n) is 5.37. The molecule has 18 heavy (non-hydrogen) atoms. The smallest absolute Gasteiger partial charge is 0.244 e. The van der Waals surface area contributed by atoms with Crippen molar-refractivity contribution in [2.45, 2.75) is 32.0 Å². The molecule has 0 saturated carbocycles. The highest BCUT2D eigenvalue weighted by atomic mass is 16.1. The summed E-state index contributed by atoms with van der Waals surface area (Å²) in [7, 11) is 3.96. The Morgan fingerprint density at radius 3 is 2.67 bits per heavy atom. The van der Waals surface area contributed by atoms with E-state index in [9.17, 15) is 4.79 Å². The molecule has 3 N–H and O–H groups in total. The summed E-state index contributed by atoms with van der Waals surface area (Å²) in [6, 6.07) is 0.915. The van der Waals surface area contributed by atoms with E-state index in [2.05, 4.69) is 29.8 Å². The van der Waals surface area contributed by atoms with E-state index in [4.69, 9.17) is 0 Å². The van der Waals surface area contributed by atoms with Gasteiger partial charge in [0.1, 0.15) is 0 Å². The summed E-state index contributed by atoms with van der Waals surface area (Å²) >= 11 is 0. The maximum atomic E-state index is 11.7. The second-order valence-corrected chi connectivity index (χ2v) is 5.37. The van der Waals surface area contributed by atoms with E-state index in [1.165, 1.54) is 0 Å². The van der Waals surface area contributed by atoms with Gasteiger partial charge in [-0.05, 0) is 14.1 Å². The molecule has 1 heterocycles. The molecule has 0 spiro atoms. The molecule has 104 valence electrons. The van der Waals surface area contributed by atoms with Crippen LogP contribution in [0.1, 0.15) is 13.8 Å². The molecule has 2 atom stereocenters. The predicted molar refractivity (Wildman–Crippen MR) is 74.6 cm³/mol. The summed E-state index contributed by atoms with van der Waals surface area (Å²) in [5, 5.41) is 9.80. The van der Waals surface area contributed by atoms with Crippen LogP contribution in [0.5, 0.6) is 0 Å². The third kappa shape index (κ3) is 5.62. The lowest BCUT2D eigenvalue weighted by Crippen LogP contribution is -2.50. The zero-order valence-electron chi connectivity index (χ0n) is 11.9. The zero-order valence-corrected chi connectivity index (χ0v) is 11.9. The van der Waals surface area contributed by atoms with Crippen molar-refractivity contribution < 1.29 is 4.79 Å². The molecule has 0 aliphatic carbocycles. The third-order valence-electron chi connectivity index (χ3n) is 2.83. The standard InChI is InChI=1S/C13H26N4O/c1-10(2)15-11-8-14-9-12(11)16-13(18)6-5-7-17(3)4/h5-6,10-12,14-15H,7-9H2,1-4H3,(H,16,18)/b6-5+/t11-,12-/m0/s1. The Hall–Kier alpha value is -0.910. The van der Waals surface area contributed by atoms with E-state index in [0.29, 0.717) is 12.1 Å². The molecule has 5 heteroatoms. The molecule has 1 saturated heterocycles. The molecule has 0 bridgehead atoms. The van der Waals surface area contributed by atoms with E-state index >= 15 is 0 Å². The lowest BCUT2D eigenvalue weighted by molar-refractivity contribution is -0.117. The van der Waals surface area contributed by atoms with Gasteiger partial charge in [-0.1, -0.05) is 19.9 Å². The molecule has 1 aliphatic heterocycles. The van der Waals surface area contributed by atoms with Crippen LogP contribution in [-0.2, 0) is 4.79 Å². The first-order valence-electron chi connectivity index (χ1n) is 6.57. The number of nitrogens with zero attached hydrogens (tertiary/aromatic N) is 1. The summed E-state index contributed by atoms with van der Waals surface area (Å²) in [6.07, 6.45) is 3.49. The van der Waals surface area contributed by atoms with E-state index in [1.54, 1.807) is 6.08 Å². The number of hydrogen-bond donors (Lipinski definition) is 3. The minimum Gasteiger partial charge on any atom is -0.347 e. The maximum absolute atomic E-state index is 11.7. The van der Waals surface area contributed by atoms with E-state index < -0.39 is 0 Å². The monoisotopic (exact) mass is 254 g/mol. The number of carbonyl (C=O) groups is 1. The zero-order chi connectivity index (χ0) is 13.5. The number of likely N-dealkylation sites (N-methyl/N-ethyl adjacent to an activating group) is 1. The summed E-state index contributed by atoms with van der Waals surface area (Å²) in [4.78, 5) is 13.8. The Balaban J connectivity index is 2.36. The van der Waals surface area contributed by atoms with Gasteiger partial charge in [0.15, 0.2) is 0 Å². The molecule has 5 nitrogen and oxygen atoms in total. The van der Waals surface area contributed by atoms with Crippen molar-refractivity contribution >= 4 is 5.91 Å². The Morgan fingerprint density at radius 2 is 2.06 bits per heavy atom. The maximum Gasteiger partial charge on any atom is 0.244 e. The fourth-order valence-electron chi connectivity index (χ4n) is 2.04. The molecule has 1 aliphatic rings. The van der Waals surface area contributed by atoms with Crippen LogP contribution in [0.3, 0.4) is 0 Å². The Morgan fingerprint density at radius 1 is 1.39 bits per heavy atom. The molecular weight excluding hydrogens is 228 g/mol. The Kier molecular flexibility index (Phi) is 6.32. The highest BCUT2D eigenvalue weighted by Gasteiger charge is 2.27. The molecule has 1 fully saturated rings. The second kappa shape index (κ2) is 7.51. The van der Waals surface area contributed by atoms with Crippen molar-refractivity contribution in [1.82, 2.24) is 20.9 Å². The van der Waals surface area contributed by atoms with Crippen LogP contribution in [0.4, 0.5) is 0 Å². The van der Waals surface area contributed by atoms with Crippen LogP contribution in [0.2, 0.25) is 0 Å². The largest absolute Gasteiger partial charge is 0.347 e. The van der Waals surface area contributed by atoms with Crippen LogP contribution in [-0.4, -0.2) is 62.7 Å². The number of nitrogens with one attached hydrogen (secondary N) is 3. The SMILES string of the molecule is CC(C)N[C@H]1CNC[C@@H]1NC(=O)/C=C/CN(C)C. The predicted octanol–water partition coefficient (Wildman–Crippen LogP) is -0.441. The van der Waals surface area contributed by atoms with Crippen molar-refractivity contribution in [1.29, 1.82) is 0 Å². The first-order chi connectivity index (χ1) is 8.49. The first-order valence-corrected chi connectivity index (χ1v) is 6.57. The van der Waals surface area contributed by atoms with Gasteiger partial charge in [-0.25, -0.2) is 0 Å². The van der Waals surface area contributed by atoms with Crippen LogP contribution < -0.4 is 16.0 Å². The van der Waals surface area contributed by atoms with E-state index in [-0.39, 0.29) is 11.9 Å². The fourth-order valence-corrected chi connectivity index (χ4v) is 2.04. The van der Waals surface area contributed by atoms with Crippen molar-refractivity contribution in [2.24, 2.45) is 0 Å². The summed E-state index contributed by atoms with van der Waals surface area (Å²) < 4.78 is 0. The molecule has 0 radical (unpaired) electrons. The normalized spacial score (nSPS) is 24.3. The highest BCUT2D eigenvalue weighted by molar-refractivity contribution is 5.87. The molecule has 1 amide bonds. The summed E-state index contributed by atoms with van der Waals surface area (Å²) in [5.74, 6) is -0.0129. The Labute approximate surface area is 110 Å². The van der Waals surface area contributed by atoms with Gasteiger partial charge in [0, 0.05) is 37.8 Å². The summed E-state index contributed by atoms with van der Waals surface area (Å²) in [5.41, 5.74) is 0. The van der Waals surface area contributed by atoms with Crippen molar-refractivity contribution in [3.05, 3.63) is 12.2 Å². The average molecular weight is 254 g/mol. The minimum absolute atomic E-state index is 0.0129. The van der Waals surface area contributed by atoms with Crippen LogP contribution in [0, 0.1) is 0 Å². The quantitative estimate of drug-likeness (QED) is 0.563. The number of hydrogen-bond acceptors (Lipinski definition) is 4. The molecule has 0 aromatic rings. The van der Waals surface area contributed by atoms with Gasteiger partial charge >= 0.3 is 0 Å². The van der Waals surface area contributed by atoms with Gasteiger partial charge < -0.3 is 20.9 Å². The van der Waals surface area contributed by atoms with Crippen molar-refractivity contribution in [3.8, 4) is 0 Å². The fraction of sp³-hybridized carbons (Fsp3) is 0.769.